The molecule has 0 aromatic heterocycles. The molecule has 0 aliphatic rings. The van der Waals surface area contributed by atoms with Crippen molar-refractivity contribution in [2.24, 2.45) is 5.73 Å². The number of methoxy groups -OCH3 is 1. The Hall–Kier alpha value is -1.02. The van der Waals surface area contributed by atoms with Crippen LogP contribution in [0.25, 0.3) is 0 Å². The summed E-state index contributed by atoms with van der Waals surface area (Å²) in [6, 6.07) is 2.67. The summed E-state index contributed by atoms with van der Waals surface area (Å²) in [5.74, 6) is -0.562. The summed E-state index contributed by atoms with van der Waals surface area (Å²) in [5.41, 5.74) is 6.00. The van der Waals surface area contributed by atoms with Crippen LogP contribution in [0.1, 0.15) is 24.0 Å². The summed E-state index contributed by atoms with van der Waals surface area (Å²) in [5, 5.41) is 0. The van der Waals surface area contributed by atoms with Gasteiger partial charge in [-0.15, -0.1) is 0 Å². The number of unbranched alkanes of at least 4 members (excludes halogenated alkanes) is 1. The molecule has 0 spiro atoms. The van der Waals surface area contributed by atoms with Crippen LogP contribution < -0.4 is 10.5 Å². The largest absolute Gasteiger partial charge is 0.385 e. The first-order chi connectivity index (χ1) is 9.42. The minimum Gasteiger partial charge on any atom is -0.385 e. The van der Waals surface area contributed by atoms with E-state index in [1.165, 1.54) is 19.1 Å². The van der Waals surface area contributed by atoms with Crippen molar-refractivity contribution >= 4 is 10.0 Å². The van der Waals surface area contributed by atoms with E-state index in [4.69, 9.17) is 10.5 Å². The highest BCUT2D eigenvalue weighted by Gasteiger charge is 2.19. The molecule has 0 amide bonds. The Morgan fingerprint density at radius 1 is 1.35 bits per heavy atom. The number of benzene rings is 1. The molecular formula is C13H21FN2O3S. The third kappa shape index (κ3) is 4.52. The van der Waals surface area contributed by atoms with E-state index in [9.17, 15) is 12.8 Å². The fraction of sp³-hybridized carbons (Fsp3) is 0.538. The van der Waals surface area contributed by atoms with Crippen molar-refractivity contribution in [1.82, 2.24) is 4.72 Å². The predicted octanol–water partition coefficient (Wildman–Crippen LogP) is 1.30. The smallest absolute Gasteiger partial charge is 0.240 e. The second kappa shape index (κ2) is 7.68. The summed E-state index contributed by atoms with van der Waals surface area (Å²) in [6.07, 6.45) is 1.42. The van der Waals surface area contributed by atoms with Crippen molar-refractivity contribution in [3.8, 4) is 0 Å². The second-order valence-electron chi connectivity index (χ2n) is 4.50. The zero-order chi connectivity index (χ0) is 15.2. The Bertz CT molecular complexity index is 547. The number of nitrogens with two attached hydrogens (primary N) is 1. The first-order valence-electron chi connectivity index (χ1n) is 6.40. The van der Waals surface area contributed by atoms with Crippen LogP contribution in [0, 0.1) is 12.7 Å². The van der Waals surface area contributed by atoms with E-state index in [-0.39, 0.29) is 17.0 Å². The summed E-state index contributed by atoms with van der Waals surface area (Å²) in [7, 11) is -2.13. The van der Waals surface area contributed by atoms with Gasteiger partial charge in [0.05, 0.1) is 4.90 Å². The Morgan fingerprint density at radius 3 is 2.65 bits per heavy atom. The van der Waals surface area contributed by atoms with Gasteiger partial charge in [0, 0.05) is 32.4 Å². The molecule has 0 aliphatic carbocycles. The third-order valence-corrected chi connectivity index (χ3v) is 4.54. The molecule has 1 aromatic rings. The number of sulfonamides is 1. The Balaban J connectivity index is 2.84. The fourth-order valence-corrected chi connectivity index (χ4v) is 3.14. The van der Waals surface area contributed by atoms with Crippen LogP contribution in [0.3, 0.4) is 0 Å². The first kappa shape index (κ1) is 17.0. The number of hydrogen-bond acceptors (Lipinski definition) is 4. The highest BCUT2D eigenvalue weighted by molar-refractivity contribution is 7.89. The van der Waals surface area contributed by atoms with Crippen LogP contribution in [-0.2, 0) is 21.3 Å². The highest BCUT2D eigenvalue weighted by Crippen LogP contribution is 2.20. The number of ether oxygens (including phenoxy) is 1. The maximum atomic E-state index is 13.7. The van der Waals surface area contributed by atoms with E-state index >= 15 is 0 Å². The van der Waals surface area contributed by atoms with Crippen LogP contribution in [0.5, 0.6) is 0 Å². The van der Waals surface area contributed by atoms with Gasteiger partial charge in [-0.05, 0) is 37.5 Å². The molecule has 0 saturated carbocycles. The van der Waals surface area contributed by atoms with E-state index in [0.29, 0.717) is 25.1 Å². The molecule has 7 heteroatoms. The van der Waals surface area contributed by atoms with Gasteiger partial charge in [0.15, 0.2) is 0 Å². The quantitative estimate of drug-likeness (QED) is 0.709. The van der Waals surface area contributed by atoms with E-state index in [1.807, 2.05) is 0 Å². The van der Waals surface area contributed by atoms with Crippen LogP contribution in [0.2, 0.25) is 0 Å². The average molecular weight is 304 g/mol. The average Bonchev–Trinajstić information content (AvgIpc) is 2.41. The lowest BCUT2D eigenvalue weighted by Gasteiger charge is -2.11. The van der Waals surface area contributed by atoms with Crippen molar-refractivity contribution in [3.63, 3.8) is 0 Å². The van der Waals surface area contributed by atoms with E-state index < -0.39 is 15.8 Å². The summed E-state index contributed by atoms with van der Waals surface area (Å²) in [4.78, 5) is -0.0512. The Kier molecular flexibility index (Phi) is 6.54. The van der Waals surface area contributed by atoms with Gasteiger partial charge in [0.2, 0.25) is 10.0 Å². The van der Waals surface area contributed by atoms with Gasteiger partial charge >= 0.3 is 0 Å². The topological polar surface area (TPSA) is 81.4 Å². The molecule has 1 aromatic carbocycles. The number of nitrogens with one attached hydrogen (secondary N) is 1. The summed E-state index contributed by atoms with van der Waals surface area (Å²) < 4.78 is 45.3. The lowest BCUT2D eigenvalue weighted by Crippen LogP contribution is -2.26. The Labute approximate surface area is 119 Å². The van der Waals surface area contributed by atoms with Gasteiger partial charge in [0.1, 0.15) is 5.82 Å². The van der Waals surface area contributed by atoms with Crippen molar-refractivity contribution in [2.75, 3.05) is 20.3 Å². The van der Waals surface area contributed by atoms with Gasteiger partial charge in [-0.2, -0.15) is 0 Å². The lowest BCUT2D eigenvalue weighted by molar-refractivity contribution is 0.193. The SMILES string of the molecule is COCCCCNS(=O)(=O)c1cc(CN)cc(F)c1C. The van der Waals surface area contributed by atoms with Gasteiger partial charge in [0.25, 0.3) is 0 Å². The van der Waals surface area contributed by atoms with Crippen LogP contribution >= 0.6 is 0 Å². The van der Waals surface area contributed by atoms with E-state index in [1.54, 1.807) is 7.11 Å². The maximum Gasteiger partial charge on any atom is 0.240 e. The Morgan fingerprint density at radius 2 is 2.05 bits per heavy atom. The molecule has 0 atom stereocenters. The number of halogens is 1. The molecule has 0 saturated heterocycles. The number of rotatable bonds is 8. The van der Waals surface area contributed by atoms with E-state index in [0.717, 1.165) is 6.42 Å². The van der Waals surface area contributed by atoms with Crippen molar-refractivity contribution < 1.29 is 17.5 Å². The van der Waals surface area contributed by atoms with Crippen LogP contribution in [0.15, 0.2) is 17.0 Å². The highest BCUT2D eigenvalue weighted by atomic mass is 32.2. The van der Waals surface area contributed by atoms with Crippen molar-refractivity contribution in [3.05, 3.63) is 29.1 Å². The zero-order valence-electron chi connectivity index (χ0n) is 11.8. The molecular weight excluding hydrogens is 283 g/mol. The normalized spacial score (nSPS) is 11.8. The third-order valence-electron chi connectivity index (χ3n) is 2.95. The monoisotopic (exact) mass is 304 g/mol. The minimum atomic E-state index is -3.72. The molecule has 0 aliphatic heterocycles. The van der Waals surface area contributed by atoms with Gasteiger partial charge in [-0.1, -0.05) is 0 Å². The van der Waals surface area contributed by atoms with E-state index in [2.05, 4.69) is 4.72 Å². The molecule has 5 nitrogen and oxygen atoms in total. The molecule has 20 heavy (non-hydrogen) atoms. The molecule has 114 valence electrons. The summed E-state index contributed by atoms with van der Waals surface area (Å²) >= 11 is 0. The molecule has 0 radical (unpaired) electrons. The van der Waals surface area contributed by atoms with Crippen LogP contribution in [0.4, 0.5) is 4.39 Å². The fourth-order valence-electron chi connectivity index (χ4n) is 1.76. The van der Waals surface area contributed by atoms with Gasteiger partial charge < -0.3 is 10.5 Å². The van der Waals surface area contributed by atoms with Crippen LogP contribution in [-0.4, -0.2) is 28.7 Å². The zero-order valence-corrected chi connectivity index (χ0v) is 12.6. The van der Waals surface area contributed by atoms with Crippen molar-refractivity contribution in [2.45, 2.75) is 31.2 Å². The molecule has 1 rings (SSSR count). The molecule has 0 fully saturated rings. The minimum absolute atomic E-state index is 0.0512. The van der Waals surface area contributed by atoms with Gasteiger partial charge in [-0.3, -0.25) is 0 Å². The summed E-state index contributed by atoms with van der Waals surface area (Å²) in [6.45, 7) is 2.40. The standard InChI is InChI=1S/C13H21FN2O3S/c1-10-12(14)7-11(9-15)8-13(10)20(17,18)16-5-3-4-6-19-2/h7-8,16H,3-6,9,15H2,1-2H3. The lowest BCUT2D eigenvalue weighted by atomic mass is 10.1. The molecule has 0 bridgehead atoms. The maximum absolute atomic E-state index is 13.7. The molecule has 0 unspecified atom stereocenters. The van der Waals surface area contributed by atoms with Gasteiger partial charge in [-0.25, -0.2) is 17.5 Å². The first-order valence-corrected chi connectivity index (χ1v) is 7.88. The molecule has 3 N–H and O–H groups in total. The molecule has 0 heterocycles. The van der Waals surface area contributed by atoms with Crippen molar-refractivity contribution in [1.29, 1.82) is 0 Å². The predicted molar refractivity (Wildman–Crippen MR) is 75.3 cm³/mol. The second-order valence-corrected chi connectivity index (χ2v) is 6.24. The number of hydrogen-bond donors (Lipinski definition) is 2.